The van der Waals surface area contributed by atoms with Crippen molar-refractivity contribution in [2.24, 2.45) is 0 Å². The monoisotopic (exact) mass is 316 g/mol. The fourth-order valence-corrected chi connectivity index (χ4v) is 3.13. The Labute approximate surface area is 126 Å². The lowest BCUT2D eigenvalue weighted by molar-refractivity contribution is 0.0737. The Morgan fingerprint density at radius 2 is 2.24 bits per heavy atom. The van der Waals surface area contributed by atoms with Crippen molar-refractivity contribution in [1.82, 2.24) is 19.8 Å². The molecule has 0 atom stereocenters. The first kappa shape index (κ1) is 16.4. The van der Waals surface area contributed by atoms with Gasteiger partial charge in [0.1, 0.15) is 0 Å². The predicted molar refractivity (Wildman–Crippen MR) is 79.4 cm³/mol. The Bertz CT molecular complexity index is 552. The van der Waals surface area contributed by atoms with Crippen molar-refractivity contribution in [3.8, 4) is 0 Å². The summed E-state index contributed by atoms with van der Waals surface area (Å²) in [5.74, 6) is 0. The molecule has 0 bridgehead atoms. The first-order valence-corrected chi connectivity index (χ1v) is 8.69. The molecular formula is C13H24N4O3S. The summed E-state index contributed by atoms with van der Waals surface area (Å²) in [7, 11) is -2.00. The zero-order valence-electron chi connectivity index (χ0n) is 12.8. The number of aromatic amines is 1. The highest BCUT2D eigenvalue weighted by atomic mass is 32.2. The van der Waals surface area contributed by atoms with Crippen LogP contribution in [0.4, 0.5) is 0 Å². The normalized spacial score (nSPS) is 16.0. The second-order valence-electron chi connectivity index (χ2n) is 5.63. The molecule has 0 spiro atoms. The summed E-state index contributed by atoms with van der Waals surface area (Å²) in [5, 5.41) is 9.96. The summed E-state index contributed by atoms with van der Waals surface area (Å²) in [6.07, 6.45) is 3.98. The number of aromatic nitrogens is 2. The second kappa shape index (κ2) is 6.87. The number of hydrogen-bond acceptors (Lipinski definition) is 5. The Kier molecular flexibility index (Phi) is 5.37. The zero-order chi connectivity index (χ0) is 15.5. The van der Waals surface area contributed by atoms with E-state index in [4.69, 9.17) is 4.74 Å². The molecule has 7 nitrogen and oxygen atoms in total. The molecule has 1 aliphatic carbocycles. The molecular weight excluding hydrogens is 292 g/mol. The topological polar surface area (TPSA) is 87.3 Å². The van der Waals surface area contributed by atoms with E-state index in [-0.39, 0.29) is 11.1 Å². The maximum absolute atomic E-state index is 12.5. The Morgan fingerprint density at radius 3 is 2.86 bits per heavy atom. The first-order chi connectivity index (χ1) is 9.91. The number of H-pyrrole nitrogens is 1. The smallest absolute Gasteiger partial charge is 0.260 e. The van der Waals surface area contributed by atoms with Gasteiger partial charge in [-0.15, -0.1) is 0 Å². The average Bonchev–Trinajstić information content (AvgIpc) is 3.11. The van der Waals surface area contributed by atoms with Gasteiger partial charge in [-0.1, -0.05) is 0 Å². The van der Waals surface area contributed by atoms with Crippen LogP contribution in [0.1, 0.15) is 32.3 Å². The second-order valence-corrected chi connectivity index (χ2v) is 7.61. The van der Waals surface area contributed by atoms with Gasteiger partial charge >= 0.3 is 0 Å². The minimum atomic E-state index is -3.56. The number of likely N-dealkylation sites (N-methyl/N-ethyl adjacent to an activating group) is 1. The number of hydrogen-bond donors (Lipinski definition) is 2. The van der Waals surface area contributed by atoms with Gasteiger partial charge in [0.2, 0.25) is 0 Å². The van der Waals surface area contributed by atoms with E-state index in [0.717, 1.165) is 12.8 Å². The van der Waals surface area contributed by atoms with Gasteiger partial charge in [-0.25, -0.2) is 8.42 Å². The fourth-order valence-electron chi connectivity index (χ4n) is 1.88. The highest BCUT2D eigenvalue weighted by molar-refractivity contribution is 7.89. The largest absolute Gasteiger partial charge is 0.377 e. The molecule has 0 radical (unpaired) electrons. The third kappa shape index (κ3) is 4.50. The van der Waals surface area contributed by atoms with Gasteiger partial charge in [-0.05, 0) is 26.7 Å². The summed E-state index contributed by atoms with van der Waals surface area (Å²) < 4.78 is 31.7. The van der Waals surface area contributed by atoms with Crippen LogP contribution in [-0.2, 0) is 21.3 Å². The van der Waals surface area contributed by atoms with Gasteiger partial charge in [-0.3, -0.25) is 5.10 Å². The van der Waals surface area contributed by atoms with Crippen LogP contribution in [0.15, 0.2) is 11.2 Å². The van der Waals surface area contributed by atoms with Gasteiger partial charge in [0.05, 0.1) is 18.9 Å². The van der Waals surface area contributed by atoms with Crippen LogP contribution in [0.3, 0.4) is 0 Å². The average molecular weight is 316 g/mol. The lowest BCUT2D eigenvalue weighted by Gasteiger charge is -2.18. The SMILES string of the molecule is CC(C)OCCN(C)S(=O)(=O)c1[nH]ncc1CNC1CC1. The number of nitrogens with zero attached hydrogens (tertiary/aromatic N) is 2. The van der Waals surface area contributed by atoms with E-state index in [0.29, 0.717) is 31.3 Å². The minimum Gasteiger partial charge on any atom is -0.377 e. The predicted octanol–water partition coefficient (Wildman–Crippen LogP) is 0.707. The van der Waals surface area contributed by atoms with E-state index < -0.39 is 10.0 Å². The molecule has 0 saturated heterocycles. The van der Waals surface area contributed by atoms with Crippen molar-refractivity contribution in [1.29, 1.82) is 0 Å². The standard InChI is InChI=1S/C13H24N4O3S/c1-10(2)20-7-6-17(3)21(18,19)13-11(9-15-16-13)8-14-12-4-5-12/h9-10,12,14H,4-8H2,1-3H3,(H,15,16). The van der Waals surface area contributed by atoms with Crippen LogP contribution in [0.25, 0.3) is 0 Å². The quantitative estimate of drug-likeness (QED) is 0.700. The van der Waals surface area contributed by atoms with E-state index >= 15 is 0 Å². The van der Waals surface area contributed by atoms with Crippen molar-refractivity contribution in [2.75, 3.05) is 20.2 Å². The number of sulfonamides is 1. The van der Waals surface area contributed by atoms with Crippen LogP contribution < -0.4 is 5.32 Å². The molecule has 2 N–H and O–H groups in total. The molecule has 1 aromatic rings. The van der Waals surface area contributed by atoms with Gasteiger partial charge in [0, 0.05) is 31.7 Å². The maximum Gasteiger partial charge on any atom is 0.260 e. The van der Waals surface area contributed by atoms with Gasteiger partial charge in [-0.2, -0.15) is 9.40 Å². The van der Waals surface area contributed by atoms with Crippen LogP contribution in [-0.4, -0.2) is 55.3 Å². The van der Waals surface area contributed by atoms with E-state index in [2.05, 4.69) is 15.5 Å². The van der Waals surface area contributed by atoms with Gasteiger partial charge < -0.3 is 10.1 Å². The lowest BCUT2D eigenvalue weighted by atomic mass is 10.3. The summed E-state index contributed by atoms with van der Waals surface area (Å²) in [6.45, 7) is 5.05. The number of rotatable bonds is 9. The summed E-state index contributed by atoms with van der Waals surface area (Å²) in [4.78, 5) is 0. The molecule has 2 rings (SSSR count). The van der Waals surface area contributed by atoms with Gasteiger partial charge in [0.15, 0.2) is 5.03 Å². The Balaban J connectivity index is 1.98. The molecule has 120 valence electrons. The Morgan fingerprint density at radius 1 is 1.52 bits per heavy atom. The van der Waals surface area contributed by atoms with Crippen molar-refractivity contribution in [2.45, 2.75) is 50.4 Å². The molecule has 1 aliphatic rings. The number of ether oxygens (including phenoxy) is 1. The Hall–Kier alpha value is -0.960. The third-order valence-electron chi connectivity index (χ3n) is 3.36. The van der Waals surface area contributed by atoms with Crippen LogP contribution >= 0.6 is 0 Å². The van der Waals surface area contributed by atoms with Crippen LogP contribution in [0, 0.1) is 0 Å². The highest BCUT2D eigenvalue weighted by Gasteiger charge is 2.27. The third-order valence-corrected chi connectivity index (χ3v) is 5.23. The molecule has 1 aromatic heterocycles. The molecule has 0 amide bonds. The minimum absolute atomic E-state index is 0.0894. The molecule has 1 fully saturated rings. The summed E-state index contributed by atoms with van der Waals surface area (Å²) in [5.41, 5.74) is 0.679. The molecule has 0 unspecified atom stereocenters. The van der Waals surface area contributed by atoms with Crippen LogP contribution in [0.5, 0.6) is 0 Å². The molecule has 8 heteroatoms. The number of nitrogens with one attached hydrogen (secondary N) is 2. The summed E-state index contributed by atoms with van der Waals surface area (Å²) in [6, 6.07) is 0.521. The van der Waals surface area contributed by atoms with Gasteiger partial charge in [0.25, 0.3) is 10.0 Å². The molecule has 0 aliphatic heterocycles. The molecule has 1 heterocycles. The van der Waals surface area contributed by atoms with E-state index in [1.165, 1.54) is 4.31 Å². The van der Waals surface area contributed by atoms with Crippen LogP contribution in [0.2, 0.25) is 0 Å². The molecule has 0 aromatic carbocycles. The van der Waals surface area contributed by atoms with E-state index in [1.807, 2.05) is 13.8 Å². The highest BCUT2D eigenvalue weighted by Crippen LogP contribution is 2.21. The van der Waals surface area contributed by atoms with Crippen molar-refractivity contribution >= 4 is 10.0 Å². The lowest BCUT2D eigenvalue weighted by Crippen LogP contribution is -2.32. The summed E-state index contributed by atoms with van der Waals surface area (Å²) >= 11 is 0. The maximum atomic E-state index is 12.5. The fraction of sp³-hybridized carbons (Fsp3) is 0.769. The zero-order valence-corrected chi connectivity index (χ0v) is 13.6. The first-order valence-electron chi connectivity index (χ1n) is 7.25. The van der Waals surface area contributed by atoms with Crippen molar-refractivity contribution < 1.29 is 13.2 Å². The van der Waals surface area contributed by atoms with Crippen molar-refractivity contribution in [3.05, 3.63) is 11.8 Å². The molecule has 1 saturated carbocycles. The van der Waals surface area contributed by atoms with E-state index in [9.17, 15) is 8.42 Å². The van der Waals surface area contributed by atoms with E-state index in [1.54, 1.807) is 13.2 Å². The van der Waals surface area contributed by atoms with Crippen molar-refractivity contribution in [3.63, 3.8) is 0 Å². The molecule has 21 heavy (non-hydrogen) atoms.